The van der Waals surface area contributed by atoms with E-state index in [0.717, 1.165) is 53.1 Å². The number of Topliss-reactive ketones (excluding diaryl/α,β-unsaturated/α-hetero) is 1. The lowest BCUT2D eigenvalue weighted by Crippen LogP contribution is -2.41. The summed E-state index contributed by atoms with van der Waals surface area (Å²) < 4.78 is 0. The Kier molecular flexibility index (Phi) is 5.93. The molecule has 1 amide bonds. The maximum absolute atomic E-state index is 13.9. The molecule has 1 N–H and O–H groups in total. The van der Waals surface area contributed by atoms with E-state index in [1.807, 2.05) is 55.6 Å². The van der Waals surface area contributed by atoms with Crippen molar-refractivity contribution in [1.82, 2.24) is 9.88 Å². The summed E-state index contributed by atoms with van der Waals surface area (Å²) in [6.07, 6.45) is 5.08. The summed E-state index contributed by atoms with van der Waals surface area (Å²) in [5.74, 6) is -1.12. The molecule has 5 rings (SSSR count). The van der Waals surface area contributed by atoms with Crippen LogP contribution in [0.15, 0.2) is 53.1 Å². The van der Waals surface area contributed by atoms with Crippen LogP contribution < -0.4 is 0 Å². The van der Waals surface area contributed by atoms with Crippen LogP contribution in [0, 0.1) is 13.8 Å². The fraction of sp³-hybridized carbons (Fsp3) is 0.346. The SMILES string of the molecule is Cc1ccsc1C1C(C(=O)c2sc(-c3ccccc3)nc2C)=C(O)C(=O)N1C1CCCCC1. The highest BCUT2D eigenvalue weighted by Gasteiger charge is 2.48. The summed E-state index contributed by atoms with van der Waals surface area (Å²) in [6.45, 7) is 3.81. The van der Waals surface area contributed by atoms with Crippen molar-refractivity contribution < 1.29 is 14.7 Å². The van der Waals surface area contributed by atoms with E-state index < -0.39 is 17.7 Å². The van der Waals surface area contributed by atoms with Crippen molar-refractivity contribution in [3.05, 3.63) is 74.1 Å². The standard InChI is InChI=1S/C26H26N2O3S2/c1-15-13-14-32-23(15)20-19(22(30)26(31)28(20)18-11-7-4-8-12-18)21(29)24-16(2)27-25(33-24)17-9-5-3-6-10-17/h3,5-6,9-10,13-14,18,20,30H,4,7-8,11-12H2,1-2H3. The first-order valence-electron chi connectivity index (χ1n) is 11.3. The lowest BCUT2D eigenvalue weighted by atomic mass is 9.91. The Morgan fingerprint density at radius 2 is 1.82 bits per heavy atom. The molecule has 1 aliphatic carbocycles. The molecule has 1 aromatic carbocycles. The van der Waals surface area contributed by atoms with Gasteiger partial charge in [-0.25, -0.2) is 4.98 Å². The van der Waals surface area contributed by atoms with E-state index >= 15 is 0 Å². The second-order valence-electron chi connectivity index (χ2n) is 8.77. The Hall–Kier alpha value is -2.77. The van der Waals surface area contributed by atoms with Gasteiger partial charge in [0.25, 0.3) is 5.91 Å². The summed E-state index contributed by atoms with van der Waals surface area (Å²) >= 11 is 2.86. The third-order valence-electron chi connectivity index (χ3n) is 6.63. The number of benzene rings is 1. The van der Waals surface area contributed by atoms with Gasteiger partial charge in [0.15, 0.2) is 5.76 Å². The van der Waals surface area contributed by atoms with Gasteiger partial charge in [-0.2, -0.15) is 0 Å². The highest BCUT2D eigenvalue weighted by molar-refractivity contribution is 7.17. The van der Waals surface area contributed by atoms with Crippen molar-refractivity contribution in [1.29, 1.82) is 0 Å². The van der Waals surface area contributed by atoms with Crippen LogP contribution in [0.2, 0.25) is 0 Å². The minimum atomic E-state index is -0.547. The predicted molar refractivity (Wildman–Crippen MR) is 132 cm³/mol. The highest BCUT2D eigenvalue weighted by atomic mass is 32.1. The molecule has 7 heteroatoms. The minimum Gasteiger partial charge on any atom is -0.503 e. The Balaban J connectivity index is 1.58. The lowest BCUT2D eigenvalue weighted by Gasteiger charge is -2.36. The molecule has 3 heterocycles. The van der Waals surface area contributed by atoms with E-state index in [1.54, 1.807) is 4.90 Å². The molecule has 1 unspecified atom stereocenters. The summed E-state index contributed by atoms with van der Waals surface area (Å²) in [5, 5.41) is 13.8. The molecule has 0 bridgehead atoms. The molecule has 0 radical (unpaired) electrons. The number of thiophene rings is 1. The largest absolute Gasteiger partial charge is 0.503 e. The topological polar surface area (TPSA) is 70.5 Å². The molecule has 170 valence electrons. The van der Waals surface area contributed by atoms with Crippen LogP contribution in [-0.4, -0.2) is 32.7 Å². The van der Waals surface area contributed by atoms with E-state index in [2.05, 4.69) is 4.98 Å². The Morgan fingerprint density at radius 1 is 1.09 bits per heavy atom. The molecule has 0 saturated heterocycles. The van der Waals surface area contributed by atoms with E-state index in [9.17, 15) is 14.7 Å². The van der Waals surface area contributed by atoms with E-state index in [4.69, 9.17) is 0 Å². The van der Waals surface area contributed by atoms with Gasteiger partial charge in [-0.3, -0.25) is 9.59 Å². The molecule has 2 aromatic heterocycles. The minimum absolute atomic E-state index is 0.0348. The van der Waals surface area contributed by atoms with Crippen molar-refractivity contribution in [3.63, 3.8) is 0 Å². The van der Waals surface area contributed by atoms with Crippen molar-refractivity contribution in [2.75, 3.05) is 0 Å². The molecule has 1 saturated carbocycles. The average Bonchev–Trinajstić information content (AvgIpc) is 3.50. The van der Waals surface area contributed by atoms with Crippen LogP contribution in [0.1, 0.15) is 64.0 Å². The number of carbonyl (C=O) groups is 2. The maximum atomic E-state index is 13.9. The Morgan fingerprint density at radius 3 is 2.48 bits per heavy atom. The third kappa shape index (κ3) is 3.83. The zero-order valence-corrected chi connectivity index (χ0v) is 20.3. The van der Waals surface area contributed by atoms with Crippen LogP contribution in [-0.2, 0) is 4.79 Å². The first-order valence-corrected chi connectivity index (χ1v) is 13.0. The number of aromatic nitrogens is 1. The number of rotatable bonds is 5. The van der Waals surface area contributed by atoms with Gasteiger partial charge in [0.05, 0.1) is 16.1 Å². The first kappa shape index (κ1) is 22.0. The normalized spacial score (nSPS) is 19.5. The number of hydrogen-bond donors (Lipinski definition) is 1. The zero-order valence-electron chi connectivity index (χ0n) is 18.7. The van der Waals surface area contributed by atoms with Crippen LogP contribution in [0.25, 0.3) is 10.6 Å². The number of amides is 1. The second kappa shape index (κ2) is 8.88. The van der Waals surface area contributed by atoms with E-state index in [0.29, 0.717) is 10.6 Å². The number of aryl methyl sites for hydroxylation is 2. The molecule has 1 aliphatic heterocycles. The van der Waals surface area contributed by atoms with Gasteiger partial charge in [-0.15, -0.1) is 22.7 Å². The van der Waals surface area contributed by atoms with Gasteiger partial charge >= 0.3 is 0 Å². The van der Waals surface area contributed by atoms with Crippen LogP contribution in [0.4, 0.5) is 0 Å². The average molecular weight is 479 g/mol. The van der Waals surface area contributed by atoms with Crippen molar-refractivity contribution >= 4 is 34.4 Å². The lowest BCUT2D eigenvalue weighted by molar-refractivity contribution is -0.132. The first-order chi connectivity index (χ1) is 16.0. The summed E-state index contributed by atoms with van der Waals surface area (Å²) in [7, 11) is 0. The molecule has 33 heavy (non-hydrogen) atoms. The molecule has 1 fully saturated rings. The number of nitrogens with zero attached hydrogens (tertiary/aromatic N) is 2. The van der Waals surface area contributed by atoms with Crippen molar-refractivity contribution in [2.45, 2.75) is 58.0 Å². The Labute approximate surface area is 201 Å². The van der Waals surface area contributed by atoms with E-state index in [-0.39, 0.29) is 17.4 Å². The van der Waals surface area contributed by atoms with Crippen molar-refractivity contribution in [3.8, 4) is 10.6 Å². The van der Waals surface area contributed by atoms with Crippen LogP contribution in [0.3, 0.4) is 0 Å². The highest BCUT2D eigenvalue weighted by Crippen LogP contribution is 2.46. The van der Waals surface area contributed by atoms with E-state index in [1.165, 1.54) is 22.7 Å². The fourth-order valence-electron chi connectivity index (χ4n) is 4.95. The number of hydrogen-bond acceptors (Lipinski definition) is 6. The second-order valence-corrected chi connectivity index (χ2v) is 10.7. The summed E-state index contributed by atoms with van der Waals surface area (Å²) in [4.78, 5) is 35.1. The number of aliphatic hydroxyl groups excluding tert-OH is 1. The molecule has 5 nitrogen and oxygen atoms in total. The molecule has 1 atom stereocenters. The van der Waals surface area contributed by atoms with Gasteiger partial charge in [0, 0.05) is 16.5 Å². The number of thiazole rings is 1. The number of carbonyl (C=O) groups excluding carboxylic acids is 2. The van der Waals surface area contributed by atoms with Crippen molar-refractivity contribution in [2.24, 2.45) is 0 Å². The maximum Gasteiger partial charge on any atom is 0.290 e. The van der Waals surface area contributed by atoms with Gasteiger partial charge in [0.2, 0.25) is 5.78 Å². The molecule has 3 aromatic rings. The van der Waals surface area contributed by atoms with Gasteiger partial charge in [0.1, 0.15) is 11.0 Å². The van der Waals surface area contributed by atoms with Gasteiger partial charge in [-0.1, -0.05) is 49.6 Å². The zero-order chi connectivity index (χ0) is 23.1. The number of ketones is 1. The third-order valence-corrected chi connectivity index (χ3v) is 8.91. The summed E-state index contributed by atoms with van der Waals surface area (Å²) in [5.41, 5.74) is 2.79. The van der Waals surface area contributed by atoms with Gasteiger partial charge < -0.3 is 10.0 Å². The van der Waals surface area contributed by atoms with Crippen LogP contribution in [0.5, 0.6) is 0 Å². The van der Waals surface area contributed by atoms with Crippen LogP contribution >= 0.6 is 22.7 Å². The molecular weight excluding hydrogens is 452 g/mol. The summed E-state index contributed by atoms with van der Waals surface area (Å²) in [6, 6.07) is 11.2. The molecular formula is C26H26N2O3S2. The number of aliphatic hydroxyl groups is 1. The quantitative estimate of drug-likeness (QED) is 0.431. The monoisotopic (exact) mass is 478 g/mol. The Bertz CT molecular complexity index is 1240. The smallest absolute Gasteiger partial charge is 0.290 e. The fourth-order valence-corrected chi connectivity index (χ4v) is 7.01. The predicted octanol–water partition coefficient (Wildman–Crippen LogP) is 6.40. The molecule has 2 aliphatic rings. The van der Waals surface area contributed by atoms with Gasteiger partial charge in [-0.05, 0) is 43.7 Å². The molecule has 0 spiro atoms.